The van der Waals surface area contributed by atoms with Crippen LogP contribution in [0.1, 0.15) is 89.0 Å². The number of rotatable bonds is 11. The molecule has 33 heavy (non-hydrogen) atoms. The summed E-state index contributed by atoms with van der Waals surface area (Å²) in [5.41, 5.74) is -1.82. The minimum atomic E-state index is -0.822. The van der Waals surface area contributed by atoms with Crippen LogP contribution < -0.4 is 10.5 Å². The van der Waals surface area contributed by atoms with E-state index in [2.05, 4.69) is 49.4 Å². The van der Waals surface area contributed by atoms with Gasteiger partial charge in [-0.3, -0.25) is 9.93 Å². The second-order valence-corrected chi connectivity index (χ2v) is 12.9. The first-order valence-electron chi connectivity index (χ1n) is 10.6. The first kappa shape index (κ1) is 40.9. The number of aliphatic hydroxyl groups is 1. The van der Waals surface area contributed by atoms with Crippen molar-refractivity contribution < 1.29 is 55.0 Å². The Morgan fingerprint density at radius 1 is 1.06 bits per heavy atom. The smallest absolute Gasteiger partial charge is 0.226 e. The molecule has 0 bridgehead atoms. The molecule has 0 aromatic rings. The standard InChI is InChI=1S/C22H44N2O4S.CH3.La.H3NS/c1-15(29-19(3,4)5)17(26)23-22(10,11)14-20(6,7)18(27)24-21(8,9)12-13-28-16(2)25;;;1-2/h15-16,25H,12-14H2,1-11H3,(H2,23,24,26,27);1H3;;2H,1H2/q;-1;;/p-1. The summed E-state index contributed by atoms with van der Waals surface area (Å²) in [6.45, 7) is 21.4. The Morgan fingerprint density at radius 2 is 1.52 bits per heavy atom. The van der Waals surface area contributed by atoms with Crippen LogP contribution in [0.15, 0.2) is 0 Å². The van der Waals surface area contributed by atoms with Gasteiger partial charge in [0.15, 0.2) is 6.29 Å². The van der Waals surface area contributed by atoms with Crippen LogP contribution in [-0.2, 0) is 14.3 Å². The van der Waals surface area contributed by atoms with Crippen LogP contribution in [0, 0.1) is 48.4 Å². The Kier molecular flexibility index (Phi) is 21.3. The summed E-state index contributed by atoms with van der Waals surface area (Å²) in [6, 6.07) is 0. The molecule has 0 fully saturated rings. The van der Waals surface area contributed by atoms with Crippen LogP contribution >= 0.6 is 24.6 Å². The predicted molar refractivity (Wildman–Crippen MR) is 142 cm³/mol. The van der Waals surface area contributed by atoms with Crippen molar-refractivity contribution >= 4 is 36.4 Å². The molecular weight excluding hydrogens is 585 g/mol. The van der Waals surface area contributed by atoms with Gasteiger partial charge in [-0.05, 0) is 34.1 Å². The monoisotopic (exact) mass is 634 g/mol. The maximum atomic E-state index is 12.9. The van der Waals surface area contributed by atoms with Crippen LogP contribution in [0.3, 0.4) is 0 Å². The van der Waals surface area contributed by atoms with Gasteiger partial charge in [0.1, 0.15) is 0 Å². The number of nitrogens with zero attached hydrogens (tertiary/aromatic N) is 1. The van der Waals surface area contributed by atoms with E-state index in [0.29, 0.717) is 19.4 Å². The van der Waals surface area contributed by atoms with Crippen LogP contribution in [0.2, 0.25) is 0 Å². The summed E-state index contributed by atoms with van der Waals surface area (Å²) in [6.07, 6.45) is 0.204. The summed E-state index contributed by atoms with van der Waals surface area (Å²) in [7, 11) is 0. The second kappa shape index (κ2) is 17.2. The molecular formula is C23H49LaN3O4S2-2. The average molecular weight is 635 g/mol. The first-order chi connectivity index (χ1) is 13.8. The predicted octanol–water partition coefficient (Wildman–Crippen LogP) is 4.88. The summed E-state index contributed by atoms with van der Waals surface area (Å²) in [5.74, 6) is -0.228. The van der Waals surface area contributed by atoms with Crippen molar-refractivity contribution in [3.8, 4) is 0 Å². The fourth-order valence-electron chi connectivity index (χ4n) is 3.19. The molecule has 10 heteroatoms. The van der Waals surface area contributed by atoms with Crippen LogP contribution in [-0.4, -0.2) is 50.9 Å². The van der Waals surface area contributed by atoms with Crippen molar-refractivity contribution in [2.24, 2.45) is 10.6 Å². The molecule has 0 aliphatic carbocycles. The van der Waals surface area contributed by atoms with E-state index in [1.807, 2.05) is 48.5 Å². The molecule has 0 aromatic heterocycles. The number of hydrogen-bond acceptors (Lipinski definition) is 7. The SMILES string of the molecule is CC(O)OCCC(C)(C)NC(=O)C(C)(C)CC(C)(C)[N-]C(=O)C(C)SC(C)(C)C.NS.[CH3-].[La]. The number of nitrogens with one attached hydrogen (secondary N) is 1. The summed E-state index contributed by atoms with van der Waals surface area (Å²) in [5, 5.41) is 20.7. The molecule has 0 aliphatic rings. The molecule has 0 aromatic carbocycles. The fraction of sp³-hybridized carbons (Fsp3) is 0.870. The third-order valence-corrected chi connectivity index (χ3v) is 5.58. The molecule has 4 N–H and O–H groups in total. The molecule has 0 aliphatic heterocycles. The van der Waals surface area contributed by atoms with Gasteiger partial charge in [-0.25, -0.2) is 0 Å². The van der Waals surface area contributed by atoms with Crippen molar-refractivity contribution in [1.29, 1.82) is 0 Å². The molecule has 2 amide bonds. The molecule has 197 valence electrons. The van der Waals surface area contributed by atoms with E-state index in [-0.39, 0.29) is 64.8 Å². The van der Waals surface area contributed by atoms with Crippen LogP contribution in [0.25, 0.3) is 5.32 Å². The maximum absolute atomic E-state index is 12.9. The zero-order chi connectivity index (χ0) is 25.3. The fourth-order valence-corrected chi connectivity index (χ4v) is 4.41. The van der Waals surface area contributed by atoms with E-state index < -0.39 is 22.8 Å². The third kappa shape index (κ3) is 20.6. The summed E-state index contributed by atoms with van der Waals surface area (Å²) in [4.78, 5) is 25.5. The van der Waals surface area contributed by atoms with Gasteiger partial charge in [-0.2, -0.15) is 0 Å². The summed E-state index contributed by atoms with van der Waals surface area (Å²) < 4.78 is 5.16. The van der Waals surface area contributed by atoms with Crippen LogP contribution in [0.4, 0.5) is 0 Å². The van der Waals surface area contributed by atoms with E-state index >= 15 is 0 Å². The Balaban J connectivity index is -0.00000102. The maximum Gasteiger partial charge on any atom is 0.226 e. The van der Waals surface area contributed by atoms with Gasteiger partial charge in [-0.15, -0.1) is 30.1 Å². The van der Waals surface area contributed by atoms with Gasteiger partial charge in [0, 0.05) is 56.5 Å². The molecule has 0 saturated heterocycles. The zero-order valence-corrected chi connectivity index (χ0v) is 28.2. The molecule has 0 saturated carbocycles. The average Bonchev–Trinajstić information content (AvgIpc) is 2.52. The largest absolute Gasteiger partial charge is 0.648 e. The quantitative estimate of drug-likeness (QED) is 0.146. The molecule has 0 rings (SSSR count). The van der Waals surface area contributed by atoms with E-state index in [1.165, 1.54) is 0 Å². The van der Waals surface area contributed by atoms with Crippen molar-refractivity contribution in [3.63, 3.8) is 0 Å². The number of nitrogens with two attached hydrogens (primary N) is 1. The minimum Gasteiger partial charge on any atom is -0.648 e. The Labute approximate surface area is 241 Å². The van der Waals surface area contributed by atoms with Gasteiger partial charge in [0.05, 0.1) is 12.5 Å². The van der Waals surface area contributed by atoms with Crippen molar-refractivity contribution in [3.05, 3.63) is 12.7 Å². The zero-order valence-electron chi connectivity index (χ0n) is 22.9. The first-order valence-corrected chi connectivity index (χ1v) is 12.0. The van der Waals surface area contributed by atoms with Gasteiger partial charge in [0.2, 0.25) is 5.91 Å². The van der Waals surface area contributed by atoms with E-state index in [9.17, 15) is 14.7 Å². The van der Waals surface area contributed by atoms with Gasteiger partial charge in [0.25, 0.3) is 0 Å². The molecule has 1 radical (unpaired) electrons. The van der Waals surface area contributed by atoms with Gasteiger partial charge in [-0.1, -0.05) is 54.9 Å². The number of carbonyl (C=O) groups excluding carboxylic acids is 2. The van der Waals surface area contributed by atoms with Crippen molar-refractivity contribution in [2.45, 2.75) is 116 Å². The topological polar surface area (TPSA) is 116 Å². The number of aliphatic hydroxyl groups excluding tert-OH is 1. The molecule has 7 nitrogen and oxygen atoms in total. The van der Waals surface area contributed by atoms with Crippen molar-refractivity contribution in [1.82, 2.24) is 5.32 Å². The van der Waals surface area contributed by atoms with E-state index in [4.69, 9.17) is 4.74 Å². The number of carbonyl (C=O) groups is 2. The van der Waals surface area contributed by atoms with Crippen LogP contribution in [0.5, 0.6) is 0 Å². The number of amides is 2. The summed E-state index contributed by atoms with van der Waals surface area (Å²) >= 11 is 4.62. The molecule has 0 spiro atoms. The second-order valence-electron chi connectivity index (χ2n) is 10.8. The van der Waals surface area contributed by atoms with Crippen molar-refractivity contribution in [2.75, 3.05) is 6.61 Å². The Morgan fingerprint density at radius 3 is 1.91 bits per heavy atom. The van der Waals surface area contributed by atoms with E-state index in [0.717, 1.165) is 0 Å². The van der Waals surface area contributed by atoms with Gasteiger partial charge < -0.3 is 32.7 Å². The van der Waals surface area contributed by atoms with E-state index in [1.54, 1.807) is 18.7 Å². The number of ether oxygens (including phenoxy) is 1. The molecule has 2 atom stereocenters. The number of thiol groups is 1. The van der Waals surface area contributed by atoms with Gasteiger partial charge >= 0.3 is 0 Å². The number of thioether (sulfide) groups is 1. The molecule has 2 unspecified atom stereocenters. The molecule has 0 heterocycles. The number of hydrogen-bond donors (Lipinski definition) is 4. The minimum absolute atomic E-state index is 0. The Hall–Kier alpha value is 0.715. The Bertz CT molecular complexity index is 566. The third-order valence-electron chi connectivity index (χ3n) is 4.32. The normalized spacial score (nSPS) is 13.9.